The predicted octanol–water partition coefficient (Wildman–Crippen LogP) is 4.97. The molecule has 8 nitrogen and oxygen atoms in total. The van der Waals surface area contributed by atoms with Crippen molar-refractivity contribution < 1.29 is 4.74 Å². The average Bonchev–Trinajstić information content (AvgIpc) is 3.34. The van der Waals surface area contributed by atoms with Crippen LogP contribution < -0.4 is 11.1 Å². The fraction of sp³-hybridized carbons (Fsp3) is 0.296. The van der Waals surface area contributed by atoms with E-state index in [-0.39, 0.29) is 12.3 Å². The first-order valence-electron chi connectivity index (χ1n) is 12.3. The zero-order valence-corrected chi connectivity index (χ0v) is 19.3. The number of hydrogen-bond donors (Lipinski definition) is 3. The van der Waals surface area contributed by atoms with Crippen LogP contribution in [0.15, 0.2) is 67.3 Å². The molecule has 1 aliphatic heterocycles. The standard InChI is InChI=1S/C27H27N7O/c28-25-23-22(21-14-18-4-1-2-6-20(18)32-21)33-26(34(23)13-12-30-25)17-9-7-16(8-10-17)24-27(35-24)31-19-5-3-11-29-15-19/h1-6,11-17,24,27,31-32H,7-10H2,(H2,28,30). The van der Waals surface area contributed by atoms with Gasteiger partial charge in [-0.05, 0) is 55.9 Å². The van der Waals surface area contributed by atoms with Gasteiger partial charge in [0.1, 0.15) is 29.0 Å². The van der Waals surface area contributed by atoms with Crippen molar-refractivity contribution in [2.24, 2.45) is 5.92 Å². The maximum atomic E-state index is 6.37. The van der Waals surface area contributed by atoms with Gasteiger partial charge in [-0.25, -0.2) is 9.97 Å². The summed E-state index contributed by atoms with van der Waals surface area (Å²) in [4.78, 5) is 17.2. The smallest absolute Gasteiger partial charge is 0.155 e. The molecule has 0 spiro atoms. The van der Waals surface area contributed by atoms with Gasteiger partial charge in [-0.15, -0.1) is 0 Å². The number of nitrogens with zero attached hydrogens (tertiary/aromatic N) is 4. The third kappa shape index (κ3) is 3.61. The molecule has 2 aliphatic rings. The first-order chi connectivity index (χ1) is 17.2. The number of nitrogen functional groups attached to an aromatic ring is 1. The van der Waals surface area contributed by atoms with E-state index in [2.05, 4.69) is 42.9 Å². The lowest BCUT2D eigenvalue weighted by Gasteiger charge is -2.27. The van der Waals surface area contributed by atoms with Gasteiger partial charge in [0.15, 0.2) is 6.23 Å². The number of rotatable bonds is 5. The number of benzene rings is 1. The van der Waals surface area contributed by atoms with E-state index in [1.54, 1.807) is 12.4 Å². The highest BCUT2D eigenvalue weighted by molar-refractivity contribution is 5.91. The quantitative estimate of drug-likeness (QED) is 0.316. The predicted molar refractivity (Wildman–Crippen MR) is 136 cm³/mol. The van der Waals surface area contributed by atoms with Crippen LogP contribution in [0.3, 0.4) is 0 Å². The zero-order chi connectivity index (χ0) is 23.4. The highest BCUT2D eigenvalue weighted by Gasteiger charge is 2.46. The molecule has 1 aromatic carbocycles. The second kappa shape index (κ2) is 8.09. The van der Waals surface area contributed by atoms with Crippen LogP contribution >= 0.6 is 0 Å². The summed E-state index contributed by atoms with van der Waals surface area (Å²) in [6.07, 6.45) is 12.1. The molecule has 35 heavy (non-hydrogen) atoms. The largest absolute Gasteiger partial charge is 0.382 e. The number of fused-ring (bicyclic) bond motifs is 2. The summed E-state index contributed by atoms with van der Waals surface area (Å²) < 4.78 is 8.14. The molecule has 2 unspecified atom stereocenters. The molecular formula is C27H27N7O. The van der Waals surface area contributed by atoms with Crippen molar-refractivity contribution >= 4 is 27.9 Å². The van der Waals surface area contributed by atoms with Gasteiger partial charge in [0.25, 0.3) is 0 Å². The van der Waals surface area contributed by atoms with Crippen LogP contribution in [-0.4, -0.2) is 36.7 Å². The van der Waals surface area contributed by atoms with E-state index >= 15 is 0 Å². The van der Waals surface area contributed by atoms with Crippen molar-refractivity contribution in [3.8, 4) is 11.4 Å². The molecule has 4 aromatic heterocycles. The number of aromatic amines is 1. The third-order valence-corrected chi connectivity index (χ3v) is 7.49. The van der Waals surface area contributed by atoms with Crippen molar-refractivity contribution in [1.82, 2.24) is 24.3 Å². The van der Waals surface area contributed by atoms with Crippen molar-refractivity contribution in [3.05, 3.63) is 73.1 Å². The van der Waals surface area contributed by atoms with Gasteiger partial charge in [-0.3, -0.25) is 9.38 Å². The van der Waals surface area contributed by atoms with E-state index in [4.69, 9.17) is 15.5 Å². The van der Waals surface area contributed by atoms with Gasteiger partial charge in [0, 0.05) is 35.4 Å². The maximum absolute atomic E-state index is 6.37. The number of epoxide rings is 1. The number of H-pyrrole nitrogens is 1. The van der Waals surface area contributed by atoms with E-state index in [1.807, 2.05) is 36.7 Å². The highest BCUT2D eigenvalue weighted by Crippen LogP contribution is 2.44. The Kier molecular flexibility index (Phi) is 4.73. The van der Waals surface area contributed by atoms with Crippen LogP contribution in [0, 0.1) is 5.92 Å². The molecule has 176 valence electrons. The number of nitrogens with two attached hydrogens (primary N) is 1. The van der Waals surface area contributed by atoms with Crippen molar-refractivity contribution in [2.45, 2.75) is 43.9 Å². The Bertz CT molecular complexity index is 1470. The Balaban J connectivity index is 1.12. The van der Waals surface area contributed by atoms with E-state index in [9.17, 15) is 0 Å². The van der Waals surface area contributed by atoms with Gasteiger partial charge in [-0.1, -0.05) is 18.2 Å². The molecular weight excluding hydrogens is 438 g/mol. The number of para-hydroxylation sites is 1. The molecule has 1 saturated carbocycles. The number of pyridine rings is 1. The SMILES string of the molecule is Nc1nccn2c(C3CCC(C4OC4Nc4cccnc4)CC3)nc(-c3cc4ccccc4[nH]3)c12. The number of nitrogens with one attached hydrogen (secondary N) is 2. The Morgan fingerprint density at radius 2 is 1.94 bits per heavy atom. The number of ether oxygens (including phenoxy) is 1. The van der Waals surface area contributed by atoms with Gasteiger partial charge < -0.3 is 20.8 Å². The molecule has 1 saturated heterocycles. The van der Waals surface area contributed by atoms with Crippen LogP contribution in [0.5, 0.6) is 0 Å². The first kappa shape index (κ1) is 20.5. The summed E-state index contributed by atoms with van der Waals surface area (Å²) in [6, 6.07) is 14.4. The molecule has 0 amide bonds. The summed E-state index contributed by atoms with van der Waals surface area (Å²) in [5, 5.41) is 4.60. The molecule has 0 bridgehead atoms. The Morgan fingerprint density at radius 1 is 1.06 bits per heavy atom. The minimum absolute atomic E-state index is 0.0903. The van der Waals surface area contributed by atoms with Gasteiger partial charge in [0.05, 0.1) is 17.6 Å². The maximum Gasteiger partial charge on any atom is 0.155 e. The molecule has 5 heterocycles. The first-order valence-corrected chi connectivity index (χ1v) is 12.3. The normalized spacial score (nSPS) is 24.1. The van der Waals surface area contributed by atoms with E-state index in [0.29, 0.717) is 17.7 Å². The highest BCUT2D eigenvalue weighted by atomic mass is 16.6. The summed E-state index contributed by atoms with van der Waals surface area (Å²) in [5.41, 5.74) is 11.2. The van der Waals surface area contributed by atoms with Crippen molar-refractivity contribution in [1.29, 1.82) is 0 Å². The van der Waals surface area contributed by atoms with Crippen LogP contribution in [0.25, 0.3) is 27.8 Å². The Morgan fingerprint density at radius 3 is 2.77 bits per heavy atom. The molecule has 8 heteroatoms. The van der Waals surface area contributed by atoms with Gasteiger partial charge in [0.2, 0.25) is 0 Å². The lowest BCUT2D eigenvalue weighted by atomic mass is 9.80. The number of hydrogen-bond acceptors (Lipinski definition) is 6. The molecule has 0 radical (unpaired) electrons. The average molecular weight is 466 g/mol. The summed E-state index contributed by atoms with van der Waals surface area (Å²) >= 11 is 0. The van der Waals surface area contributed by atoms with Gasteiger partial charge in [-0.2, -0.15) is 0 Å². The molecule has 2 atom stereocenters. The minimum Gasteiger partial charge on any atom is -0.382 e. The van der Waals surface area contributed by atoms with Crippen LogP contribution in [0.1, 0.15) is 37.4 Å². The molecule has 7 rings (SSSR count). The Hall–Kier alpha value is -3.91. The lowest BCUT2D eigenvalue weighted by Crippen LogP contribution is -2.22. The van der Waals surface area contributed by atoms with Crippen molar-refractivity contribution in [2.75, 3.05) is 11.1 Å². The topological polar surface area (TPSA) is 109 Å². The molecule has 4 N–H and O–H groups in total. The monoisotopic (exact) mass is 465 g/mol. The fourth-order valence-electron chi connectivity index (χ4n) is 5.68. The fourth-order valence-corrected chi connectivity index (χ4v) is 5.68. The van der Waals surface area contributed by atoms with Gasteiger partial charge >= 0.3 is 0 Å². The Labute approximate surface area is 202 Å². The third-order valence-electron chi connectivity index (χ3n) is 7.49. The summed E-state index contributed by atoms with van der Waals surface area (Å²) in [6.45, 7) is 0. The molecule has 5 aromatic rings. The van der Waals surface area contributed by atoms with Crippen LogP contribution in [0.4, 0.5) is 11.5 Å². The number of anilines is 2. The van der Waals surface area contributed by atoms with Crippen molar-refractivity contribution in [3.63, 3.8) is 0 Å². The van der Waals surface area contributed by atoms with E-state index in [1.165, 1.54) is 0 Å². The summed E-state index contributed by atoms with van der Waals surface area (Å²) in [5.74, 6) is 2.51. The van der Waals surface area contributed by atoms with Crippen LogP contribution in [-0.2, 0) is 4.74 Å². The second-order valence-corrected chi connectivity index (χ2v) is 9.64. The number of imidazole rings is 1. The van der Waals surface area contributed by atoms with E-state index in [0.717, 1.165) is 65.0 Å². The second-order valence-electron chi connectivity index (χ2n) is 9.64. The van der Waals surface area contributed by atoms with Crippen LogP contribution in [0.2, 0.25) is 0 Å². The zero-order valence-electron chi connectivity index (χ0n) is 19.3. The van der Waals surface area contributed by atoms with E-state index < -0.39 is 0 Å². The molecule has 2 fully saturated rings. The number of aromatic nitrogens is 5. The summed E-state index contributed by atoms with van der Waals surface area (Å²) in [7, 11) is 0. The molecule has 1 aliphatic carbocycles. The lowest BCUT2D eigenvalue weighted by molar-refractivity contribution is 0.246. The minimum atomic E-state index is 0.0903.